The lowest BCUT2D eigenvalue weighted by Gasteiger charge is -2.26. The van der Waals surface area contributed by atoms with Crippen LogP contribution in [-0.2, 0) is 25.6 Å². The molecule has 2 N–H and O–H groups in total. The Labute approximate surface area is 214 Å². The normalized spacial score (nSPS) is 17.8. The molecule has 1 heterocycles. The Morgan fingerprint density at radius 3 is 2.69 bits per heavy atom. The minimum Gasteiger partial charge on any atom is -0.489 e. The Balaban J connectivity index is 1.41. The minimum absolute atomic E-state index is 0.0626. The van der Waals surface area contributed by atoms with Gasteiger partial charge in [-0.1, -0.05) is 59.6 Å². The van der Waals surface area contributed by atoms with Crippen molar-refractivity contribution in [3.05, 3.63) is 111 Å². The Morgan fingerprint density at radius 1 is 1.14 bits per heavy atom. The Kier molecular flexibility index (Phi) is 8.18. The van der Waals surface area contributed by atoms with Gasteiger partial charge < -0.3 is 24.7 Å². The summed E-state index contributed by atoms with van der Waals surface area (Å²) in [6.45, 7) is 0.383. The number of rotatable bonds is 8. The lowest BCUT2D eigenvalue weighted by molar-refractivity contribution is -0.142. The summed E-state index contributed by atoms with van der Waals surface area (Å²) in [4.78, 5) is 11.7. The zero-order chi connectivity index (χ0) is 24.8. The van der Waals surface area contributed by atoms with Gasteiger partial charge in [0, 0.05) is 17.9 Å². The molecule has 1 aliphatic carbocycles. The highest BCUT2D eigenvalue weighted by Crippen LogP contribution is 2.38. The van der Waals surface area contributed by atoms with E-state index in [0.717, 1.165) is 28.9 Å². The van der Waals surface area contributed by atoms with E-state index in [9.17, 15) is 4.79 Å². The molecule has 0 spiro atoms. The van der Waals surface area contributed by atoms with Gasteiger partial charge in [0.1, 0.15) is 36.7 Å². The highest BCUT2D eigenvalue weighted by atomic mass is 35.5. The smallest absolute Gasteiger partial charge is 0.323 e. The van der Waals surface area contributed by atoms with Crippen molar-refractivity contribution in [1.82, 2.24) is 0 Å². The maximum absolute atomic E-state index is 11.7. The second-order valence-electron chi connectivity index (χ2n) is 8.08. The third-order valence-corrected chi connectivity index (χ3v) is 6.40. The van der Waals surface area contributed by atoms with Crippen molar-refractivity contribution in [2.45, 2.75) is 31.4 Å². The summed E-state index contributed by atoms with van der Waals surface area (Å²) in [6.07, 6.45) is 10.1. The number of allylic oxidation sites excluding steroid dienone is 4. The number of esters is 1. The average Bonchev–Trinajstić information content (AvgIpc) is 2.89. The molecule has 35 heavy (non-hydrogen) atoms. The molecule has 4 rings (SSSR count). The van der Waals surface area contributed by atoms with Gasteiger partial charge in [-0.25, -0.2) is 0 Å². The van der Waals surface area contributed by atoms with Crippen LogP contribution in [0.5, 0.6) is 5.75 Å². The van der Waals surface area contributed by atoms with Gasteiger partial charge in [0.15, 0.2) is 5.76 Å². The average molecular weight is 514 g/mol. The third-order valence-electron chi connectivity index (χ3n) is 5.66. The molecule has 182 valence electrons. The molecule has 0 fully saturated rings. The summed E-state index contributed by atoms with van der Waals surface area (Å²) < 4.78 is 22.1. The Bertz CT molecular complexity index is 1200. The van der Waals surface area contributed by atoms with Gasteiger partial charge in [-0.3, -0.25) is 4.79 Å². The summed E-state index contributed by atoms with van der Waals surface area (Å²) in [5.74, 6) is 1.34. The van der Waals surface area contributed by atoms with Crippen molar-refractivity contribution in [1.29, 1.82) is 0 Å². The van der Waals surface area contributed by atoms with E-state index in [4.69, 9.17) is 43.1 Å². The summed E-state index contributed by atoms with van der Waals surface area (Å²) in [7, 11) is 1.30. The molecule has 0 saturated heterocycles. The van der Waals surface area contributed by atoms with Crippen LogP contribution in [0.4, 0.5) is 0 Å². The number of ether oxygens (including phenoxy) is 4. The van der Waals surface area contributed by atoms with Crippen LogP contribution in [-0.4, -0.2) is 19.1 Å². The van der Waals surface area contributed by atoms with Crippen molar-refractivity contribution in [3.8, 4) is 5.75 Å². The van der Waals surface area contributed by atoms with Crippen LogP contribution in [0.1, 0.15) is 29.9 Å². The number of hydrogen-bond donors (Lipinski definition) is 1. The fourth-order valence-electron chi connectivity index (χ4n) is 3.82. The lowest BCUT2D eigenvalue weighted by atomic mass is 9.84. The van der Waals surface area contributed by atoms with Crippen molar-refractivity contribution >= 4 is 29.2 Å². The summed E-state index contributed by atoms with van der Waals surface area (Å²) in [5, 5.41) is 1.02. The van der Waals surface area contributed by atoms with Gasteiger partial charge in [-0.05, 0) is 41.8 Å². The molecule has 0 bridgehead atoms. The molecule has 2 aromatic rings. The molecule has 0 radical (unpaired) electrons. The quantitative estimate of drug-likeness (QED) is 0.425. The van der Waals surface area contributed by atoms with Crippen LogP contribution in [0, 0.1) is 0 Å². The van der Waals surface area contributed by atoms with Gasteiger partial charge in [-0.2, -0.15) is 0 Å². The van der Waals surface area contributed by atoms with Gasteiger partial charge in [0.25, 0.3) is 0 Å². The molecule has 6 nitrogen and oxygen atoms in total. The highest BCUT2D eigenvalue weighted by Gasteiger charge is 2.26. The van der Waals surface area contributed by atoms with Crippen molar-refractivity contribution in [2.75, 3.05) is 7.11 Å². The predicted molar refractivity (Wildman–Crippen MR) is 135 cm³/mol. The van der Waals surface area contributed by atoms with Crippen LogP contribution in [0.3, 0.4) is 0 Å². The van der Waals surface area contributed by atoms with E-state index in [-0.39, 0.29) is 12.3 Å². The fourth-order valence-corrected chi connectivity index (χ4v) is 4.14. The van der Waals surface area contributed by atoms with E-state index in [1.165, 1.54) is 13.4 Å². The standard InChI is InChI=1S/C27H25Cl2NO5/c1-32-27(31)25(30)13-20-15-33-16-26(35-20)22-5-3-2-4-21(22)18-7-9-19(10-8-18)34-14-17-6-11-23(28)24(29)12-17/h2-3,5-12,15-16,21,25H,4,13-14,30H2,1H3/t21-,25-/m0/s1. The SMILES string of the molecule is COC(=O)[C@@H](N)CC1=COC=C(C2=CC=CC[C@H]2c2ccc(OCc3ccc(Cl)c(Cl)c3)cc2)O1. The Morgan fingerprint density at radius 2 is 1.94 bits per heavy atom. The van der Waals surface area contributed by atoms with Crippen LogP contribution in [0.15, 0.2) is 90.3 Å². The number of methoxy groups -OCH3 is 1. The largest absolute Gasteiger partial charge is 0.489 e. The molecule has 0 unspecified atom stereocenters. The molecule has 2 aliphatic rings. The first-order chi connectivity index (χ1) is 16.9. The van der Waals surface area contributed by atoms with E-state index in [1.807, 2.05) is 42.5 Å². The number of nitrogens with two attached hydrogens (primary N) is 1. The van der Waals surface area contributed by atoms with E-state index in [2.05, 4.69) is 10.8 Å². The predicted octanol–water partition coefficient (Wildman–Crippen LogP) is 6.16. The molecule has 1 aliphatic heterocycles. The van der Waals surface area contributed by atoms with Crippen LogP contribution < -0.4 is 10.5 Å². The monoisotopic (exact) mass is 513 g/mol. The van der Waals surface area contributed by atoms with Crippen LogP contribution in [0.2, 0.25) is 10.0 Å². The minimum atomic E-state index is -0.832. The number of carbonyl (C=O) groups is 1. The second-order valence-corrected chi connectivity index (χ2v) is 8.90. The summed E-state index contributed by atoms with van der Waals surface area (Å²) in [5.41, 5.74) is 8.88. The number of halogens is 2. The topological polar surface area (TPSA) is 80.0 Å². The zero-order valence-corrected chi connectivity index (χ0v) is 20.6. The van der Waals surface area contributed by atoms with Gasteiger partial charge >= 0.3 is 5.97 Å². The number of hydrogen-bond acceptors (Lipinski definition) is 6. The summed E-state index contributed by atoms with van der Waals surface area (Å²) in [6, 6.07) is 12.6. The number of benzene rings is 2. The molecule has 2 atom stereocenters. The molecular formula is C27H25Cl2NO5. The van der Waals surface area contributed by atoms with E-state index >= 15 is 0 Å². The molecule has 0 saturated carbocycles. The molecule has 8 heteroatoms. The molecule has 0 aromatic heterocycles. The van der Waals surface area contributed by atoms with Gasteiger partial charge in [0.05, 0.1) is 17.2 Å². The molecule has 0 amide bonds. The first kappa shape index (κ1) is 24.9. The third kappa shape index (κ3) is 6.28. The van der Waals surface area contributed by atoms with Crippen LogP contribution in [0.25, 0.3) is 0 Å². The first-order valence-electron chi connectivity index (χ1n) is 11.0. The molecular weight excluding hydrogens is 489 g/mol. The van der Waals surface area contributed by atoms with E-state index < -0.39 is 12.0 Å². The Hall–Kier alpha value is -3.19. The lowest BCUT2D eigenvalue weighted by Crippen LogP contribution is -2.32. The van der Waals surface area contributed by atoms with Crippen molar-refractivity contribution < 1.29 is 23.7 Å². The van der Waals surface area contributed by atoms with E-state index in [0.29, 0.717) is 28.2 Å². The number of carbonyl (C=O) groups excluding carboxylic acids is 1. The summed E-state index contributed by atoms with van der Waals surface area (Å²) >= 11 is 12.1. The van der Waals surface area contributed by atoms with E-state index in [1.54, 1.807) is 18.4 Å². The molecule has 2 aromatic carbocycles. The van der Waals surface area contributed by atoms with Crippen molar-refractivity contribution in [3.63, 3.8) is 0 Å². The zero-order valence-electron chi connectivity index (χ0n) is 19.1. The van der Waals surface area contributed by atoms with Gasteiger partial charge in [0.2, 0.25) is 0 Å². The highest BCUT2D eigenvalue weighted by molar-refractivity contribution is 6.42. The van der Waals surface area contributed by atoms with Gasteiger partial charge in [-0.15, -0.1) is 0 Å². The van der Waals surface area contributed by atoms with Crippen LogP contribution >= 0.6 is 23.2 Å². The van der Waals surface area contributed by atoms with Crippen molar-refractivity contribution in [2.24, 2.45) is 5.73 Å². The first-order valence-corrected chi connectivity index (χ1v) is 11.8. The maximum atomic E-state index is 11.7. The maximum Gasteiger partial charge on any atom is 0.323 e. The fraction of sp³-hybridized carbons (Fsp3) is 0.222. The second kappa shape index (κ2) is 11.5.